The molecule has 0 aliphatic carbocycles. The Balaban J connectivity index is 0.00000220. The molecule has 1 aromatic carbocycles. The third-order valence-corrected chi connectivity index (χ3v) is 3.89. The zero-order chi connectivity index (χ0) is 14.4. The van der Waals surface area contributed by atoms with Gasteiger partial charge in [-0.25, -0.2) is 4.98 Å². The summed E-state index contributed by atoms with van der Waals surface area (Å²) in [4.78, 5) is 16.2. The number of aromatic nitrogens is 1. The Hall–Kier alpha value is -1.43. The Morgan fingerprint density at radius 2 is 2.10 bits per heavy atom. The van der Waals surface area contributed by atoms with Gasteiger partial charge in [0, 0.05) is 10.9 Å². The van der Waals surface area contributed by atoms with Crippen molar-refractivity contribution >= 4 is 29.7 Å². The Bertz CT molecular complexity index is 559. The molecule has 21 heavy (non-hydrogen) atoms. The molecular weight excluding hydrogens is 306 g/mol. The summed E-state index contributed by atoms with van der Waals surface area (Å²) in [7, 11) is 0. The molecule has 6 heteroatoms. The van der Waals surface area contributed by atoms with Crippen molar-refractivity contribution in [3.8, 4) is 10.6 Å². The normalized spacial score (nSPS) is 11.5. The van der Waals surface area contributed by atoms with E-state index >= 15 is 0 Å². The molecule has 2 aromatic rings. The first-order valence-electron chi connectivity index (χ1n) is 6.73. The average molecular weight is 326 g/mol. The fraction of sp³-hybridized carbons (Fsp3) is 0.333. The van der Waals surface area contributed by atoms with Crippen molar-refractivity contribution in [3.05, 3.63) is 41.4 Å². The maximum atomic E-state index is 11.7. The molecule has 3 N–H and O–H groups in total. The monoisotopic (exact) mass is 325 g/mol. The van der Waals surface area contributed by atoms with Crippen LogP contribution in [0.3, 0.4) is 0 Å². The topological polar surface area (TPSA) is 68.0 Å². The smallest absolute Gasteiger partial charge is 0.237 e. The first-order chi connectivity index (χ1) is 9.70. The van der Waals surface area contributed by atoms with Gasteiger partial charge in [-0.3, -0.25) is 4.79 Å². The van der Waals surface area contributed by atoms with Crippen LogP contribution in [0.4, 0.5) is 0 Å². The largest absolute Gasteiger partial charge is 0.349 e. The Morgan fingerprint density at radius 3 is 2.76 bits per heavy atom. The number of carbonyl (C=O) groups is 1. The number of hydrogen-bond acceptors (Lipinski definition) is 4. The van der Waals surface area contributed by atoms with Gasteiger partial charge in [0.2, 0.25) is 5.91 Å². The highest BCUT2D eigenvalue weighted by Gasteiger charge is 2.12. The molecule has 1 heterocycles. The van der Waals surface area contributed by atoms with Crippen LogP contribution < -0.4 is 11.1 Å². The van der Waals surface area contributed by atoms with Gasteiger partial charge in [-0.05, 0) is 6.42 Å². The molecule has 0 saturated heterocycles. The van der Waals surface area contributed by atoms with Gasteiger partial charge in [0.05, 0.1) is 18.3 Å². The van der Waals surface area contributed by atoms with E-state index in [0.717, 1.165) is 22.7 Å². The van der Waals surface area contributed by atoms with Gasteiger partial charge < -0.3 is 11.1 Å². The van der Waals surface area contributed by atoms with Crippen molar-refractivity contribution in [3.63, 3.8) is 0 Å². The molecule has 1 aromatic heterocycles. The first kappa shape index (κ1) is 17.6. The van der Waals surface area contributed by atoms with Gasteiger partial charge in [-0.1, -0.05) is 43.7 Å². The van der Waals surface area contributed by atoms with Crippen LogP contribution in [0.15, 0.2) is 35.7 Å². The Morgan fingerprint density at radius 1 is 1.38 bits per heavy atom. The number of nitrogens with zero attached hydrogens (tertiary/aromatic N) is 1. The number of nitrogens with two attached hydrogens (primary N) is 1. The van der Waals surface area contributed by atoms with Crippen molar-refractivity contribution in [1.29, 1.82) is 0 Å². The summed E-state index contributed by atoms with van der Waals surface area (Å²) in [6.07, 6.45) is 1.61. The van der Waals surface area contributed by atoms with E-state index in [1.165, 1.54) is 0 Å². The minimum Gasteiger partial charge on any atom is -0.349 e. The summed E-state index contributed by atoms with van der Waals surface area (Å²) in [5, 5.41) is 5.76. The lowest BCUT2D eigenvalue weighted by Crippen LogP contribution is -2.40. The third kappa shape index (κ3) is 5.12. The highest BCUT2D eigenvalue weighted by molar-refractivity contribution is 7.13. The molecular formula is C15H20ClN3OS. The van der Waals surface area contributed by atoms with Gasteiger partial charge in [-0.15, -0.1) is 23.7 Å². The molecule has 0 aliphatic rings. The van der Waals surface area contributed by atoms with E-state index in [2.05, 4.69) is 10.3 Å². The van der Waals surface area contributed by atoms with Crippen LogP contribution in [0.25, 0.3) is 10.6 Å². The predicted molar refractivity (Wildman–Crippen MR) is 89.5 cm³/mol. The van der Waals surface area contributed by atoms with E-state index in [1.54, 1.807) is 11.3 Å². The lowest BCUT2D eigenvalue weighted by Gasteiger charge is -2.09. The fourth-order valence-electron chi connectivity index (χ4n) is 1.85. The van der Waals surface area contributed by atoms with Crippen molar-refractivity contribution in [1.82, 2.24) is 10.3 Å². The van der Waals surface area contributed by atoms with Crippen LogP contribution in [-0.2, 0) is 11.3 Å². The second-order valence-corrected chi connectivity index (χ2v) is 5.48. The maximum Gasteiger partial charge on any atom is 0.237 e. The number of carbonyl (C=O) groups excluding carboxylic acids is 1. The average Bonchev–Trinajstić information content (AvgIpc) is 2.95. The number of halogens is 1. The van der Waals surface area contributed by atoms with E-state index in [4.69, 9.17) is 5.73 Å². The summed E-state index contributed by atoms with van der Waals surface area (Å²) in [6, 6.07) is 9.58. The van der Waals surface area contributed by atoms with Gasteiger partial charge in [-0.2, -0.15) is 0 Å². The molecule has 0 spiro atoms. The minimum absolute atomic E-state index is 0. The van der Waals surface area contributed by atoms with Crippen LogP contribution >= 0.6 is 23.7 Å². The predicted octanol–water partition coefficient (Wildman–Crippen LogP) is 2.98. The first-order valence-corrected chi connectivity index (χ1v) is 7.61. The highest BCUT2D eigenvalue weighted by Crippen LogP contribution is 2.23. The summed E-state index contributed by atoms with van der Waals surface area (Å²) in [5.41, 5.74) is 7.72. The summed E-state index contributed by atoms with van der Waals surface area (Å²) in [6.45, 7) is 2.44. The summed E-state index contributed by atoms with van der Waals surface area (Å²) in [5.74, 6) is -0.110. The van der Waals surface area contributed by atoms with Gasteiger partial charge in [0.15, 0.2) is 0 Å². The fourth-order valence-corrected chi connectivity index (χ4v) is 2.68. The van der Waals surface area contributed by atoms with E-state index < -0.39 is 6.04 Å². The molecule has 114 valence electrons. The second-order valence-electron chi connectivity index (χ2n) is 4.62. The van der Waals surface area contributed by atoms with E-state index in [0.29, 0.717) is 13.0 Å². The van der Waals surface area contributed by atoms with Crippen molar-refractivity contribution in [2.45, 2.75) is 32.4 Å². The molecule has 0 bridgehead atoms. The molecule has 1 atom stereocenters. The molecule has 0 fully saturated rings. The number of rotatable bonds is 6. The second kappa shape index (κ2) is 8.77. The van der Waals surface area contributed by atoms with Gasteiger partial charge in [0.1, 0.15) is 5.01 Å². The summed E-state index contributed by atoms with van der Waals surface area (Å²) < 4.78 is 0. The van der Waals surface area contributed by atoms with Crippen molar-refractivity contribution in [2.24, 2.45) is 5.73 Å². The number of hydrogen-bond donors (Lipinski definition) is 2. The molecule has 1 unspecified atom stereocenters. The van der Waals surface area contributed by atoms with Crippen LogP contribution in [0.2, 0.25) is 0 Å². The number of nitrogens with one attached hydrogen (secondary N) is 1. The van der Waals surface area contributed by atoms with E-state index in [1.807, 2.05) is 42.6 Å². The Labute approximate surface area is 135 Å². The molecule has 2 rings (SSSR count). The maximum absolute atomic E-state index is 11.7. The number of amides is 1. The minimum atomic E-state index is -0.424. The SMILES string of the molecule is CCCC(N)C(=O)NCc1csc(-c2ccccc2)n1.Cl. The highest BCUT2D eigenvalue weighted by atomic mass is 35.5. The molecule has 0 radical (unpaired) electrons. The van der Waals surface area contributed by atoms with Gasteiger partial charge >= 0.3 is 0 Å². The Kier molecular flexibility index (Phi) is 7.36. The van der Waals surface area contributed by atoms with Crippen LogP contribution in [0.1, 0.15) is 25.5 Å². The summed E-state index contributed by atoms with van der Waals surface area (Å²) >= 11 is 1.58. The zero-order valence-electron chi connectivity index (χ0n) is 11.9. The quantitative estimate of drug-likeness (QED) is 0.858. The van der Waals surface area contributed by atoms with Crippen LogP contribution in [0, 0.1) is 0 Å². The lowest BCUT2D eigenvalue weighted by molar-refractivity contribution is -0.122. The van der Waals surface area contributed by atoms with Crippen molar-refractivity contribution in [2.75, 3.05) is 0 Å². The zero-order valence-corrected chi connectivity index (χ0v) is 13.5. The van der Waals surface area contributed by atoms with E-state index in [-0.39, 0.29) is 18.3 Å². The number of thiazole rings is 1. The van der Waals surface area contributed by atoms with Crippen LogP contribution in [-0.4, -0.2) is 16.9 Å². The standard InChI is InChI=1S/C15H19N3OS.ClH/c1-2-6-13(16)14(19)17-9-12-10-20-15(18-12)11-7-4-3-5-8-11;/h3-5,7-8,10,13H,2,6,9,16H2,1H3,(H,17,19);1H. The molecule has 0 aliphatic heterocycles. The molecule has 0 saturated carbocycles. The van der Waals surface area contributed by atoms with Gasteiger partial charge in [0.25, 0.3) is 0 Å². The lowest BCUT2D eigenvalue weighted by atomic mass is 10.2. The van der Waals surface area contributed by atoms with Crippen molar-refractivity contribution < 1.29 is 4.79 Å². The third-order valence-electron chi connectivity index (χ3n) is 2.95. The van der Waals surface area contributed by atoms with E-state index in [9.17, 15) is 4.79 Å². The molecule has 4 nitrogen and oxygen atoms in total. The number of benzene rings is 1. The molecule has 1 amide bonds. The van der Waals surface area contributed by atoms with Crippen LogP contribution in [0.5, 0.6) is 0 Å².